The Bertz CT molecular complexity index is 7710. The van der Waals surface area contributed by atoms with Crippen molar-refractivity contribution in [3.8, 4) is 146 Å². The molecule has 0 N–H and O–H groups in total. The Kier molecular flexibility index (Phi) is 14.3. The van der Waals surface area contributed by atoms with Crippen LogP contribution in [0.4, 0.5) is 0 Å². The summed E-state index contributed by atoms with van der Waals surface area (Å²) in [7, 11) is 0. The number of fused-ring (bicyclic) bond motifs is 24. The molecule has 546 valence electrons. The van der Waals surface area contributed by atoms with Gasteiger partial charge in [-0.05, 0) is 160 Å². The van der Waals surface area contributed by atoms with Crippen molar-refractivity contribution in [1.82, 2.24) is 29.1 Å². The van der Waals surface area contributed by atoms with E-state index in [1.54, 1.807) is 0 Å². The van der Waals surface area contributed by atoms with Crippen molar-refractivity contribution in [2.75, 3.05) is 0 Å². The molecule has 6 heteroatoms. The third-order valence-corrected chi connectivity index (χ3v) is 25.8. The maximum Gasteiger partial charge on any atom is 0.160 e. The average molecular weight is 1500 g/mol. The molecule has 17 aromatic carbocycles. The summed E-state index contributed by atoms with van der Waals surface area (Å²) in [6.07, 6.45) is 0. The van der Waals surface area contributed by atoms with Gasteiger partial charge in [0.2, 0.25) is 0 Å². The summed E-state index contributed by atoms with van der Waals surface area (Å²) >= 11 is 0. The number of para-hydroxylation sites is 4. The maximum atomic E-state index is 5.78. The Balaban J connectivity index is 0.650. The molecule has 0 atom stereocenters. The highest BCUT2D eigenvalue weighted by atomic mass is 15.0. The molecular formula is C112H68N6. The lowest BCUT2D eigenvalue weighted by molar-refractivity contribution is 0.749. The first-order chi connectivity index (χ1) is 58.5. The first-order valence-corrected chi connectivity index (χ1v) is 40.7. The summed E-state index contributed by atoms with van der Waals surface area (Å²) in [5.74, 6) is 1.31. The third-order valence-electron chi connectivity index (χ3n) is 25.8. The zero-order valence-corrected chi connectivity index (χ0v) is 63.9. The minimum Gasteiger partial charge on any atom is -0.309 e. The van der Waals surface area contributed by atoms with E-state index in [4.69, 9.17) is 19.9 Å². The molecule has 25 rings (SSSR count). The average Bonchev–Trinajstić information content (AvgIpc) is 1.49. The minimum absolute atomic E-state index is 0.608. The van der Waals surface area contributed by atoms with Crippen LogP contribution in [0.5, 0.6) is 0 Å². The maximum absolute atomic E-state index is 5.78. The summed E-state index contributed by atoms with van der Waals surface area (Å²) in [5, 5.41) is 4.85. The van der Waals surface area contributed by atoms with E-state index in [0.29, 0.717) is 11.6 Å². The number of benzene rings is 17. The lowest BCUT2D eigenvalue weighted by Crippen LogP contribution is -2.33. The predicted molar refractivity (Wildman–Crippen MR) is 482 cm³/mol. The van der Waals surface area contributed by atoms with Gasteiger partial charge in [-0.25, -0.2) is 19.9 Å². The van der Waals surface area contributed by atoms with E-state index in [1.807, 2.05) is 0 Å². The molecule has 6 nitrogen and oxygen atoms in total. The second-order valence-corrected chi connectivity index (χ2v) is 31.7. The summed E-state index contributed by atoms with van der Waals surface area (Å²) < 4.78 is 5.15. The molecule has 0 saturated heterocycles. The van der Waals surface area contributed by atoms with Crippen molar-refractivity contribution >= 4 is 43.6 Å². The molecular weight excluding hydrogens is 1430 g/mol. The Hall–Kier alpha value is -15.5. The topological polar surface area (TPSA) is 61.4 Å². The van der Waals surface area contributed by atoms with Crippen LogP contribution in [0.2, 0.25) is 0 Å². The monoisotopic (exact) mass is 1500 g/mol. The van der Waals surface area contributed by atoms with E-state index in [1.165, 1.54) is 116 Å². The molecule has 0 bridgehead atoms. The van der Waals surface area contributed by atoms with Gasteiger partial charge in [-0.2, -0.15) is 0 Å². The fourth-order valence-corrected chi connectivity index (χ4v) is 20.8. The van der Waals surface area contributed by atoms with Gasteiger partial charge >= 0.3 is 0 Å². The summed E-state index contributed by atoms with van der Waals surface area (Å²) in [5.41, 5.74) is 39.1. The van der Waals surface area contributed by atoms with E-state index in [-0.39, 0.29) is 0 Å². The first kappa shape index (κ1) is 66.0. The lowest BCUT2D eigenvalue weighted by atomic mass is 9.65. The normalized spacial score (nSPS) is 13.2. The van der Waals surface area contributed by atoms with Gasteiger partial charge < -0.3 is 9.13 Å². The van der Waals surface area contributed by atoms with Gasteiger partial charge in [-0.15, -0.1) is 0 Å². The number of rotatable bonds is 10. The molecule has 2 spiro atoms. The van der Waals surface area contributed by atoms with Crippen molar-refractivity contribution in [3.63, 3.8) is 0 Å². The molecule has 4 aromatic heterocycles. The van der Waals surface area contributed by atoms with Crippen molar-refractivity contribution in [1.29, 1.82) is 0 Å². The summed E-state index contributed by atoms with van der Waals surface area (Å²) in [6, 6.07) is 152. The molecule has 0 unspecified atom stereocenters. The molecule has 4 aliphatic rings. The predicted octanol–water partition coefficient (Wildman–Crippen LogP) is 27.5. The van der Waals surface area contributed by atoms with E-state index >= 15 is 0 Å². The Morgan fingerprint density at radius 2 is 0.559 bits per heavy atom. The standard InChI is InChI=1S/C112H68N6/c1-4-28-69(29-5-1)70-56-58-73(59-57-70)109-113-99(71-30-6-2-7-31-71)67-101(115-109)77-36-24-35-75(62-77)79-64-90-87-45-17-22-54-103(87)117-105-66-76(60-61-95(105)111(98(65-79)108(90)117)91-48-18-12-39-81(91)82-40-13-19-49-92(82)111)74-34-25-37-78(63-74)110-114-100(72-32-8-3-9-33-72)68-102(116-110)85-43-11-10-38-80(85)88-46-26-52-96-106(88)118-104-55-23-16-44-86(104)89-47-27-53-97(107(89)118)112(96)93-50-20-14-41-83(93)84-42-15-21-51-94(84)112/h1-68H. The quantitative estimate of drug-likeness (QED) is 0.137. The molecule has 2 aliphatic heterocycles. The van der Waals surface area contributed by atoms with Crippen LogP contribution in [0, 0.1) is 0 Å². The van der Waals surface area contributed by atoms with Gasteiger partial charge in [-0.3, -0.25) is 0 Å². The number of nitrogens with zero attached hydrogens (tertiary/aromatic N) is 6. The molecule has 0 amide bonds. The highest BCUT2D eigenvalue weighted by Crippen LogP contribution is 2.65. The van der Waals surface area contributed by atoms with Gasteiger partial charge in [0, 0.05) is 60.5 Å². The lowest BCUT2D eigenvalue weighted by Gasteiger charge is -2.40. The third kappa shape index (κ3) is 9.45. The van der Waals surface area contributed by atoms with Crippen LogP contribution in [0.1, 0.15) is 44.5 Å². The smallest absolute Gasteiger partial charge is 0.160 e. The molecule has 0 radical (unpaired) electrons. The van der Waals surface area contributed by atoms with Crippen LogP contribution in [-0.2, 0) is 10.8 Å². The summed E-state index contributed by atoms with van der Waals surface area (Å²) in [6.45, 7) is 0. The van der Waals surface area contributed by atoms with Crippen molar-refractivity contribution < 1.29 is 0 Å². The number of hydrogen-bond acceptors (Lipinski definition) is 4. The van der Waals surface area contributed by atoms with Crippen LogP contribution in [-0.4, -0.2) is 29.1 Å². The SMILES string of the molecule is c1ccc(-c2ccc(-c3nc(-c4ccccc4)cc(-c4cccc(-c5cc6c7c(c5)c5ccccc5n7-c5cc(-c7cccc(-c8nc(-c9ccccc9)cc(-c9ccccc9-c9cccc%10c9-n9c%11ccccc%11c%11cccc(c%119)C%109c%10ccccc%10-c%10ccccc%109)n8)c7)ccc5C65c6ccccc6-c6ccccc65)c4)n3)cc2)cc1. The zero-order valence-electron chi connectivity index (χ0n) is 63.9. The van der Waals surface area contributed by atoms with Crippen molar-refractivity contribution in [2.24, 2.45) is 0 Å². The first-order valence-electron chi connectivity index (χ1n) is 40.7. The molecule has 0 saturated carbocycles. The Morgan fingerprint density at radius 1 is 0.178 bits per heavy atom. The largest absolute Gasteiger partial charge is 0.309 e. The van der Waals surface area contributed by atoms with Crippen LogP contribution in [0.15, 0.2) is 413 Å². The van der Waals surface area contributed by atoms with Gasteiger partial charge in [-0.1, -0.05) is 358 Å². The van der Waals surface area contributed by atoms with Gasteiger partial charge in [0.1, 0.15) is 0 Å². The molecule has 118 heavy (non-hydrogen) atoms. The van der Waals surface area contributed by atoms with E-state index in [9.17, 15) is 0 Å². The number of aromatic nitrogens is 6. The zero-order chi connectivity index (χ0) is 77.3. The van der Waals surface area contributed by atoms with Gasteiger partial charge in [0.15, 0.2) is 11.6 Å². The molecule has 2 aliphatic carbocycles. The van der Waals surface area contributed by atoms with Crippen molar-refractivity contribution in [3.05, 3.63) is 457 Å². The highest BCUT2D eigenvalue weighted by molar-refractivity contribution is 6.16. The van der Waals surface area contributed by atoms with Gasteiger partial charge in [0.25, 0.3) is 0 Å². The van der Waals surface area contributed by atoms with Crippen LogP contribution in [0.3, 0.4) is 0 Å². The van der Waals surface area contributed by atoms with E-state index in [0.717, 1.165) is 106 Å². The second kappa shape index (κ2) is 25.5. The minimum atomic E-state index is -0.722. The molecule has 6 heterocycles. The number of hydrogen-bond donors (Lipinski definition) is 0. The Labute approximate surface area is 681 Å². The second-order valence-electron chi connectivity index (χ2n) is 31.7. The molecule has 21 aromatic rings. The van der Waals surface area contributed by atoms with Gasteiger partial charge in [0.05, 0.1) is 67.0 Å². The fourth-order valence-electron chi connectivity index (χ4n) is 20.8. The molecule has 0 fully saturated rings. The highest BCUT2D eigenvalue weighted by Gasteiger charge is 2.53. The van der Waals surface area contributed by atoms with Crippen LogP contribution >= 0.6 is 0 Å². The fraction of sp³-hybridized carbons (Fsp3) is 0.0179. The summed E-state index contributed by atoms with van der Waals surface area (Å²) in [4.78, 5) is 22.0. The van der Waals surface area contributed by atoms with E-state index in [2.05, 4.69) is 422 Å². The van der Waals surface area contributed by atoms with Crippen LogP contribution in [0.25, 0.3) is 190 Å². The van der Waals surface area contributed by atoms with Crippen molar-refractivity contribution in [2.45, 2.75) is 10.8 Å². The Morgan fingerprint density at radius 3 is 1.19 bits per heavy atom. The van der Waals surface area contributed by atoms with E-state index < -0.39 is 10.8 Å². The van der Waals surface area contributed by atoms with Crippen LogP contribution < -0.4 is 0 Å².